The van der Waals surface area contributed by atoms with Gasteiger partial charge < -0.3 is 10.2 Å². The van der Waals surface area contributed by atoms with Crippen LogP contribution in [0, 0.1) is 34.5 Å². The number of allylic oxidation sites excluding steroid dienone is 1. The third kappa shape index (κ3) is 2.17. The first-order valence-electron chi connectivity index (χ1n) is 10.3. The molecule has 0 aromatic heterocycles. The summed E-state index contributed by atoms with van der Waals surface area (Å²) in [6.07, 6.45) is 9.06. The molecule has 0 saturated heterocycles. The van der Waals surface area contributed by atoms with Crippen LogP contribution in [0.4, 0.5) is 0 Å². The molecule has 3 saturated carbocycles. The molecule has 0 aromatic carbocycles. The fourth-order valence-electron chi connectivity index (χ4n) is 7.53. The maximum Gasteiger partial charge on any atom is 0.309 e. The summed E-state index contributed by atoms with van der Waals surface area (Å²) in [7, 11) is 0. The maximum atomic E-state index is 11.9. The summed E-state index contributed by atoms with van der Waals surface area (Å²) in [6.45, 7) is 6.18. The molecule has 4 rings (SSSR count). The zero-order valence-corrected chi connectivity index (χ0v) is 16.3. The van der Waals surface area contributed by atoms with Crippen LogP contribution < -0.4 is 0 Å². The van der Waals surface area contributed by atoms with Gasteiger partial charge in [-0.05, 0) is 81.1 Å². The van der Waals surface area contributed by atoms with E-state index in [1.165, 1.54) is 5.57 Å². The minimum absolute atomic E-state index is 0.122. The Balaban J connectivity index is 1.68. The molecule has 4 aliphatic carbocycles. The molecule has 0 amide bonds. The minimum atomic E-state index is -1.10. The molecule has 26 heavy (non-hydrogen) atoms. The molecule has 0 aliphatic heterocycles. The number of rotatable bonds is 2. The van der Waals surface area contributed by atoms with E-state index >= 15 is 0 Å². The highest BCUT2D eigenvalue weighted by Gasteiger charge is 2.66. The van der Waals surface area contributed by atoms with Crippen LogP contribution in [0.3, 0.4) is 0 Å². The topological polar surface area (TPSA) is 74.6 Å². The second kappa shape index (κ2) is 5.67. The Morgan fingerprint density at radius 3 is 2.50 bits per heavy atom. The highest BCUT2D eigenvalue weighted by atomic mass is 16.4. The second-order valence-electron chi connectivity index (χ2n) is 9.95. The number of hydrogen-bond donors (Lipinski definition) is 2. The van der Waals surface area contributed by atoms with Crippen molar-refractivity contribution in [2.75, 3.05) is 0 Å². The van der Waals surface area contributed by atoms with Gasteiger partial charge in [0.25, 0.3) is 0 Å². The van der Waals surface area contributed by atoms with E-state index in [0.717, 1.165) is 38.5 Å². The summed E-state index contributed by atoms with van der Waals surface area (Å²) < 4.78 is 0. The monoisotopic (exact) mass is 360 g/mol. The molecule has 4 heteroatoms. The van der Waals surface area contributed by atoms with Gasteiger partial charge >= 0.3 is 5.97 Å². The van der Waals surface area contributed by atoms with Crippen molar-refractivity contribution in [3.8, 4) is 0 Å². The molecular weight excluding hydrogens is 328 g/mol. The van der Waals surface area contributed by atoms with Crippen LogP contribution >= 0.6 is 0 Å². The van der Waals surface area contributed by atoms with Crippen LogP contribution in [0.2, 0.25) is 0 Å². The van der Waals surface area contributed by atoms with Gasteiger partial charge in [0.1, 0.15) is 0 Å². The van der Waals surface area contributed by atoms with Crippen molar-refractivity contribution in [2.45, 2.75) is 77.7 Å². The van der Waals surface area contributed by atoms with Gasteiger partial charge in [0.05, 0.1) is 11.5 Å². The van der Waals surface area contributed by atoms with Gasteiger partial charge in [-0.1, -0.05) is 19.4 Å². The molecule has 3 fully saturated rings. The number of carboxylic acids is 1. The Morgan fingerprint density at radius 1 is 1.12 bits per heavy atom. The molecule has 2 N–H and O–H groups in total. The third-order valence-corrected chi connectivity index (χ3v) is 9.26. The van der Waals surface area contributed by atoms with Gasteiger partial charge in [0.15, 0.2) is 5.78 Å². The molecule has 0 heterocycles. The number of aliphatic carboxylic acids is 1. The highest BCUT2D eigenvalue weighted by molar-refractivity contribution is 5.91. The summed E-state index contributed by atoms with van der Waals surface area (Å²) >= 11 is 0. The molecule has 0 bridgehead atoms. The van der Waals surface area contributed by atoms with E-state index < -0.39 is 17.5 Å². The number of ketones is 1. The number of carbonyl (C=O) groups excluding carboxylic acids is 1. The standard InChI is InChI=1S/C22H32O4/c1-13(19(24)25)22(26)11-8-18-16-5-4-14-12-15(23)6-9-20(14,2)17(16)7-10-21(18,22)3/h12-13,16-18,26H,4-11H2,1-3H3,(H,24,25)/t13?,16-,17+,18+,20+,21+,22+/m1/s1. The second-order valence-corrected chi connectivity index (χ2v) is 9.95. The summed E-state index contributed by atoms with van der Waals surface area (Å²) in [5, 5.41) is 21.0. The number of carboxylic acid groups (broad SMARTS) is 1. The molecule has 4 aliphatic rings. The Kier molecular flexibility index (Phi) is 3.97. The van der Waals surface area contributed by atoms with Gasteiger partial charge in [-0.15, -0.1) is 0 Å². The lowest BCUT2D eigenvalue weighted by Crippen LogP contribution is -2.57. The van der Waals surface area contributed by atoms with Crippen LogP contribution in [0.5, 0.6) is 0 Å². The smallest absolute Gasteiger partial charge is 0.309 e. The number of hydrogen-bond acceptors (Lipinski definition) is 3. The quantitative estimate of drug-likeness (QED) is 0.781. The molecule has 0 aromatic rings. The van der Waals surface area contributed by atoms with E-state index in [1.807, 2.05) is 6.08 Å². The fourth-order valence-corrected chi connectivity index (χ4v) is 7.53. The highest BCUT2D eigenvalue weighted by Crippen LogP contribution is 2.68. The molecule has 0 radical (unpaired) electrons. The Labute approximate surface area is 156 Å². The Hall–Kier alpha value is -1.16. The van der Waals surface area contributed by atoms with Crippen molar-refractivity contribution in [1.82, 2.24) is 0 Å². The van der Waals surface area contributed by atoms with Gasteiger partial charge in [-0.2, -0.15) is 0 Å². The maximum absolute atomic E-state index is 11.9. The van der Waals surface area contributed by atoms with E-state index in [2.05, 4.69) is 13.8 Å². The zero-order valence-electron chi connectivity index (χ0n) is 16.3. The first-order valence-corrected chi connectivity index (χ1v) is 10.3. The molecule has 7 atom stereocenters. The predicted octanol–water partition coefficient (Wildman–Crippen LogP) is 3.97. The lowest BCUT2D eigenvalue weighted by Gasteiger charge is -2.59. The Bertz CT molecular complexity index is 682. The zero-order chi connectivity index (χ0) is 18.9. The van der Waals surface area contributed by atoms with Crippen LogP contribution in [0.1, 0.15) is 72.1 Å². The van der Waals surface area contributed by atoms with Crippen LogP contribution in [-0.2, 0) is 9.59 Å². The van der Waals surface area contributed by atoms with Gasteiger partial charge in [-0.25, -0.2) is 0 Å². The molecular formula is C22H32O4. The first-order chi connectivity index (χ1) is 12.1. The minimum Gasteiger partial charge on any atom is -0.481 e. The van der Waals surface area contributed by atoms with Crippen LogP contribution in [0.15, 0.2) is 11.6 Å². The van der Waals surface area contributed by atoms with Gasteiger partial charge in [0.2, 0.25) is 0 Å². The third-order valence-electron chi connectivity index (χ3n) is 9.26. The average Bonchev–Trinajstić information content (AvgIpc) is 2.87. The largest absolute Gasteiger partial charge is 0.481 e. The van der Waals surface area contributed by atoms with Gasteiger partial charge in [-0.3, -0.25) is 9.59 Å². The average molecular weight is 360 g/mol. The van der Waals surface area contributed by atoms with E-state index in [4.69, 9.17) is 0 Å². The van der Waals surface area contributed by atoms with Crippen molar-refractivity contribution in [3.63, 3.8) is 0 Å². The molecule has 4 nitrogen and oxygen atoms in total. The summed E-state index contributed by atoms with van der Waals surface area (Å²) in [5.41, 5.74) is 0.0602. The van der Waals surface area contributed by atoms with Crippen molar-refractivity contribution >= 4 is 11.8 Å². The predicted molar refractivity (Wildman–Crippen MR) is 98.5 cm³/mol. The van der Waals surface area contributed by atoms with E-state index in [0.29, 0.717) is 30.6 Å². The normalized spacial score (nSPS) is 48.8. The van der Waals surface area contributed by atoms with E-state index in [9.17, 15) is 19.8 Å². The Morgan fingerprint density at radius 2 is 1.81 bits per heavy atom. The summed E-state index contributed by atoms with van der Waals surface area (Å²) in [4.78, 5) is 23.6. The van der Waals surface area contributed by atoms with E-state index in [-0.39, 0.29) is 16.6 Å². The molecule has 1 unspecified atom stereocenters. The van der Waals surface area contributed by atoms with Crippen LogP contribution in [-0.4, -0.2) is 27.6 Å². The number of fused-ring (bicyclic) bond motifs is 5. The van der Waals surface area contributed by atoms with E-state index in [1.54, 1.807) is 6.92 Å². The van der Waals surface area contributed by atoms with Gasteiger partial charge in [0, 0.05) is 11.8 Å². The van der Waals surface area contributed by atoms with Crippen molar-refractivity contribution < 1.29 is 19.8 Å². The SMILES string of the molecule is CC(C(=O)O)[C@@]1(O)CC[C@H]2[C@@H]3CCC4=CC(=O)CC[C@]4(C)[C@H]3CC[C@@]21C. The van der Waals surface area contributed by atoms with Crippen molar-refractivity contribution in [3.05, 3.63) is 11.6 Å². The van der Waals surface area contributed by atoms with Crippen molar-refractivity contribution in [1.29, 1.82) is 0 Å². The number of aliphatic hydroxyl groups is 1. The lowest BCUT2D eigenvalue weighted by molar-refractivity contribution is -0.175. The lowest BCUT2D eigenvalue weighted by atomic mass is 9.46. The first kappa shape index (κ1) is 18.2. The number of carbonyl (C=O) groups is 2. The molecule has 0 spiro atoms. The van der Waals surface area contributed by atoms with Crippen LogP contribution in [0.25, 0.3) is 0 Å². The summed E-state index contributed by atoms with van der Waals surface area (Å²) in [5.74, 6) is 0.167. The molecule has 144 valence electrons. The fraction of sp³-hybridized carbons (Fsp3) is 0.818. The van der Waals surface area contributed by atoms with Crippen molar-refractivity contribution in [2.24, 2.45) is 34.5 Å². The summed E-state index contributed by atoms with van der Waals surface area (Å²) in [6, 6.07) is 0.